The number of hydrogen-bond acceptors (Lipinski definition) is 3. The summed E-state index contributed by atoms with van der Waals surface area (Å²) in [6.07, 6.45) is 0. The van der Waals surface area contributed by atoms with Gasteiger partial charge in [-0.05, 0) is 11.4 Å². The molecule has 0 atom stereocenters. The van der Waals surface area contributed by atoms with Gasteiger partial charge in [0.05, 0.1) is 0 Å². The van der Waals surface area contributed by atoms with Crippen molar-refractivity contribution in [3.63, 3.8) is 0 Å². The molecule has 90 valence electrons. The summed E-state index contributed by atoms with van der Waals surface area (Å²) in [6, 6.07) is 4.22. The van der Waals surface area contributed by atoms with Crippen LogP contribution in [0.3, 0.4) is 0 Å². The Morgan fingerprint density at radius 3 is 2.81 bits per heavy atom. The second-order valence-corrected chi connectivity index (χ2v) is 6.78. The molecule has 1 aromatic heterocycles. The molecular weight excluding hydrogens is 238 g/mol. The Morgan fingerprint density at radius 2 is 2.25 bits per heavy atom. The van der Waals surface area contributed by atoms with Crippen molar-refractivity contribution in [1.29, 1.82) is 0 Å². The van der Waals surface area contributed by atoms with Crippen molar-refractivity contribution in [3.8, 4) is 0 Å². The smallest absolute Gasteiger partial charge is 0.225 e. The van der Waals surface area contributed by atoms with Gasteiger partial charge in [-0.25, -0.2) is 0 Å². The highest BCUT2D eigenvalue weighted by molar-refractivity contribution is 7.98. The van der Waals surface area contributed by atoms with Gasteiger partial charge in [0.1, 0.15) is 0 Å². The molecule has 1 heterocycles. The molecule has 1 aromatic rings. The molecule has 0 bridgehead atoms. The number of thioether (sulfide) groups is 1. The lowest BCUT2D eigenvalue weighted by molar-refractivity contribution is -0.128. The van der Waals surface area contributed by atoms with Gasteiger partial charge in [-0.2, -0.15) is 11.8 Å². The molecule has 0 unspecified atom stereocenters. The Labute approximate surface area is 106 Å². The number of nitrogens with one attached hydrogen (secondary N) is 1. The van der Waals surface area contributed by atoms with Gasteiger partial charge >= 0.3 is 0 Å². The summed E-state index contributed by atoms with van der Waals surface area (Å²) in [5.74, 6) is 2.15. The highest BCUT2D eigenvalue weighted by Gasteiger charge is 2.19. The average Bonchev–Trinajstić information content (AvgIpc) is 2.68. The topological polar surface area (TPSA) is 29.1 Å². The molecule has 16 heavy (non-hydrogen) atoms. The van der Waals surface area contributed by atoms with Crippen molar-refractivity contribution in [2.24, 2.45) is 5.41 Å². The van der Waals surface area contributed by atoms with Crippen LogP contribution >= 0.6 is 23.1 Å². The van der Waals surface area contributed by atoms with E-state index >= 15 is 0 Å². The van der Waals surface area contributed by atoms with E-state index in [1.165, 1.54) is 4.88 Å². The third kappa shape index (κ3) is 5.03. The molecule has 0 spiro atoms. The number of amides is 1. The minimum Gasteiger partial charge on any atom is -0.355 e. The van der Waals surface area contributed by atoms with E-state index in [1.54, 1.807) is 11.3 Å². The van der Waals surface area contributed by atoms with Crippen molar-refractivity contribution in [2.45, 2.75) is 26.5 Å². The standard InChI is InChI=1S/C12H19NOS2/c1-12(2,3)11(14)13-6-8-15-9-10-5-4-7-16-10/h4-5,7H,6,8-9H2,1-3H3,(H,13,14). The van der Waals surface area contributed by atoms with Crippen LogP contribution in [-0.4, -0.2) is 18.2 Å². The van der Waals surface area contributed by atoms with E-state index in [-0.39, 0.29) is 11.3 Å². The maximum Gasteiger partial charge on any atom is 0.225 e. The Morgan fingerprint density at radius 1 is 1.50 bits per heavy atom. The predicted molar refractivity (Wildman–Crippen MR) is 72.9 cm³/mol. The molecule has 0 aliphatic heterocycles. The zero-order valence-corrected chi connectivity index (χ0v) is 11.7. The number of carbonyl (C=O) groups is 1. The molecule has 4 heteroatoms. The summed E-state index contributed by atoms with van der Waals surface area (Å²) in [5, 5.41) is 5.04. The van der Waals surface area contributed by atoms with Gasteiger partial charge in [0.15, 0.2) is 0 Å². The lowest BCUT2D eigenvalue weighted by Gasteiger charge is -2.17. The molecule has 1 amide bonds. The van der Waals surface area contributed by atoms with Crippen LogP contribution in [0.2, 0.25) is 0 Å². The first-order chi connectivity index (χ1) is 7.50. The quantitative estimate of drug-likeness (QED) is 0.821. The van der Waals surface area contributed by atoms with Crippen LogP contribution < -0.4 is 5.32 Å². The summed E-state index contributed by atoms with van der Waals surface area (Å²) in [5.41, 5.74) is -0.279. The number of thiophene rings is 1. The maximum atomic E-state index is 11.5. The van der Waals surface area contributed by atoms with E-state index in [1.807, 2.05) is 32.5 Å². The lowest BCUT2D eigenvalue weighted by atomic mass is 9.96. The normalized spacial score (nSPS) is 11.4. The number of carbonyl (C=O) groups excluding carboxylic acids is 1. The van der Waals surface area contributed by atoms with E-state index < -0.39 is 0 Å². The van der Waals surface area contributed by atoms with Crippen LogP contribution in [0.1, 0.15) is 25.6 Å². The van der Waals surface area contributed by atoms with Crippen LogP contribution in [0, 0.1) is 5.41 Å². The summed E-state index contributed by atoms with van der Waals surface area (Å²) < 4.78 is 0. The van der Waals surface area contributed by atoms with Crippen molar-refractivity contribution in [3.05, 3.63) is 22.4 Å². The predicted octanol–water partition coefficient (Wildman–Crippen LogP) is 3.14. The van der Waals surface area contributed by atoms with Crippen molar-refractivity contribution in [1.82, 2.24) is 5.32 Å². The van der Waals surface area contributed by atoms with E-state index in [2.05, 4.69) is 22.8 Å². The van der Waals surface area contributed by atoms with Gasteiger partial charge in [-0.15, -0.1) is 11.3 Å². The fraction of sp³-hybridized carbons (Fsp3) is 0.583. The minimum atomic E-state index is -0.279. The Hall–Kier alpha value is -0.480. The zero-order chi connectivity index (χ0) is 12.0. The largest absolute Gasteiger partial charge is 0.355 e. The molecule has 0 aliphatic rings. The highest BCUT2D eigenvalue weighted by Crippen LogP contribution is 2.16. The average molecular weight is 257 g/mol. The zero-order valence-electron chi connectivity index (χ0n) is 10.1. The van der Waals surface area contributed by atoms with Gasteiger partial charge in [0.25, 0.3) is 0 Å². The molecule has 0 radical (unpaired) electrons. The summed E-state index contributed by atoms with van der Waals surface area (Å²) in [4.78, 5) is 12.9. The summed E-state index contributed by atoms with van der Waals surface area (Å²) in [7, 11) is 0. The van der Waals surface area contributed by atoms with Gasteiger partial charge in [0.2, 0.25) is 5.91 Å². The van der Waals surface area contributed by atoms with Gasteiger partial charge in [-0.3, -0.25) is 4.79 Å². The molecule has 0 saturated carbocycles. The summed E-state index contributed by atoms with van der Waals surface area (Å²) in [6.45, 7) is 6.55. The first-order valence-electron chi connectivity index (χ1n) is 5.38. The van der Waals surface area contributed by atoms with Crippen LogP contribution in [0.25, 0.3) is 0 Å². The molecule has 0 aromatic carbocycles. The van der Waals surface area contributed by atoms with E-state index in [9.17, 15) is 4.79 Å². The summed E-state index contributed by atoms with van der Waals surface area (Å²) >= 11 is 3.64. The van der Waals surface area contributed by atoms with Crippen LogP contribution in [0.15, 0.2) is 17.5 Å². The SMILES string of the molecule is CC(C)(C)C(=O)NCCSCc1cccs1. The van der Waals surface area contributed by atoms with Crippen molar-refractivity contribution >= 4 is 29.0 Å². The molecule has 1 N–H and O–H groups in total. The molecule has 2 nitrogen and oxygen atoms in total. The molecular formula is C12H19NOS2. The minimum absolute atomic E-state index is 0.129. The first-order valence-corrected chi connectivity index (χ1v) is 7.42. The second kappa shape index (κ2) is 6.30. The van der Waals surface area contributed by atoms with Crippen molar-refractivity contribution in [2.75, 3.05) is 12.3 Å². The van der Waals surface area contributed by atoms with Gasteiger partial charge in [0, 0.05) is 28.3 Å². The van der Waals surface area contributed by atoms with Crippen LogP contribution in [0.5, 0.6) is 0 Å². The second-order valence-electron chi connectivity index (χ2n) is 4.64. The third-order valence-corrected chi connectivity index (χ3v) is 4.10. The Bertz CT molecular complexity index is 314. The fourth-order valence-corrected chi connectivity index (χ4v) is 2.77. The van der Waals surface area contributed by atoms with E-state index in [0.29, 0.717) is 0 Å². The van der Waals surface area contributed by atoms with E-state index in [0.717, 1.165) is 18.1 Å². The first kappa shape index (κ1) is 13.6. The number of rotatable bonds is 5. The van der Waals surface area contributed by atoms with Crippen molar-refractivity contribution < 1.29 is 4.79 Å². The molecule has 1 rings (SSSR count). The van der Waals surface area contributed by atoms with Crippen LogP contribution in [-0.2, 0) is 10.5 Å². The maximum absolute atomic E-state index is 11.5. The monoisotopic (exact) mass is 257 g/mol. The molecule has 0 saturated heterocycles. The Balaban J connectivity index is 2.06. The third-order valence-electron chi connectivity index (χ3n) is 2.04. The number of hydrogen-bond donors (Lipinski definition) is 1. The Kier molecular flexibility index (Phi) is 5.35. The van der Waals surface area contributed by atoms with E-state index in [4.69, 9.17) is 0 Å². The fourth-order valence-electron chi connectivity index (χ4n) is 1.07. The lowest BCUT2D eigenvalue weighted by Crippen LogP contribution is -2.36. The van der Waals surface area contributed by atoms with Gasteiger partial charge < -0.3 is 5.32 Å². The highest BCUT2D eigenvalue weighted by atomic mass is 32.2. The molecule has 0 fully saturated rings. The molecule has 0 aliphatic carbocycles. The van der Waals surface area contributed by atoms with Crippen LogP contribution in [0.4, 0.5) is 0 Å². The van der Waals surface area contributed by atoms with Gasteiger partial charge in [-0.1, -0.05) is 26.8 Å².